The molecule has 0 amide bonds. The average Bonchev–Trinajstić information content (AvgIpc) is 2.63. The van der Waals surface area contributed by atoms with Crippen LogP contribution >= 0.6 is 0 Å². The van der Waals surface area contributed by atoms with Crippen LogP contribution in [0.1, 0.15) is 39.0 Å². The number of allylic oxidation sites excluding steroid dienone is 1. The molecule has 1 aromatic heterocycles. The molecule has 0 aliphatic carbocycles. The van der Waals surface area contributed by atoms with E-state index >= 15 is 0 Å². The zero-order valence-electron chi connectivity index (χ0n) is 8.32. The first-order valence-corrected chi connectivity index (χ1v) is 5.07. The van der Waals surface area contributed by atoms with Gasteiger partial charge in [-0.3, -0.25) is 0 Å². The Morgan fingerprint density at radius 2 is 2.23 bits per heavy atom. The first kappa shape index (κ1) is 10.0. The lowest BCUT2D eigenvalue weighted by atomic mass is 10.1. The predicted octanol–water partition coefficient (Wildman–Crippen LogP) is 3.32. The number of hydrogen-bond donors (Lipinski definition) is 0. The van der Waals surface area contributed by atoms with E-state index in [1.165, 1.54) is 32.1 Å². The second-order valence-electron chi connectivity index (χ2n) is 3.24. The molecule has 0 saturated carbocycles. The first-order valence-electron chi connectivity index (χ1n) is 5.07. The number of nitrogens with zero attached hydrogens (tertiary/aromatic N) is 2. The van der Waals surface area contributed by atoms with Crippen molar-refractivity contribution in [1.82, 2.24) is 9.55 Å². The van der Waals surface area contributed by atoms with Gasteiger partial charge in [-0.25, -0.2) is 4.98 Å². The summed E-state index contributed by atoms with van der Waals surface area (Å²) in [7, 11) is 0. The Morgan fingerprint density at radius 3 is 2.92 bits per heavy atom. The van der Waals surface area contributed by atoms with E-state index in [2.05, 4.69) is 24.2 Å². The van der Waals surface area contributed by atoms with Gasteiger partial charge in [-0.2, -0.15) is 0 Å². The number of unbranched alkanes of at least 4 members (excludes halogenated alkanes) is 4. The molecule has 0 atom stereocenters. The van der Waals surface area contributed by atoms with Crippen molar-refractivity contribution >= 4 is 6.20 Å². The van der Waals surface area contributed by atoms with Crippen LogP contribution in [-0.4, -0.2) is 9.55 Å². The van der Waals surface area contributed by atoms with Crippen LogP contribution in [0.15, 0.2) is 24.8 Å². The fourth-order valence-corrected chi connectivity index (χ4v) is 1.24. The molecule has 1 rings (SSSR count). The van der Waals surface area contributed by atoms with Gasteiger partial charge in [-0.1, -0.05) is 32.3 Å². The van der Waals surface area contributed by atoms with E-state index in [-0.39, 0.29) is 0 Å². The van der Waals surface area contributed by atoms with Crippen LogP contribution in [0.3, 0.4) is 0 Å². The Bertz CT molecular complexity index is 224. The Kier molecular flexibility index (Phi) is 4.99. The Labute approximate surface area is 80.3 Å². The van der Waals surface area contributed by atoms with Crippen LogP contribution in [-0.2, 0) is 0 Å². The molecule has 0 aliphatic heterocycles. The van der Waals surface area contributed by atoms with Crippen molar-refractivity contribution in [1.29, 1.82) is 0 Å². The van der Waals surface area contributed by atoms with Crippen LogP contribution in [0.4, 0.5) is 0 Å². The molecule has 72 valence electrons. The van der Waals surface area contributed by atoms with Crippen LogP contribution in [0, 0.1) is 0 Å². The molecule has 0 fully saturated rings. The lowest BCUT2D eigenvalue weighted by molar-refractivity contribution is 0.674. The lowest BCUT2D eigenvalue weighted by Gasteiger charge is -1.94. The average molecular weight is 178 g/mol. The smallest absolute Gasteiger partial charge is 0.0986 e. The molecule has 0 bridgehead atoms. The van der Waals surface area contributed by atoms with Gasteiger partial charge in [0.25, 0.3) is 0 Å². The molecule has 0 radical (unpaired) electrons. The van der Waals surface area contributed by atoms with Crippen LogP contribution in [0.25, 0.3) is 6.20 Å². The molecule has 2 heteroatoms. The predicted molar refractivity (Wildman–Crippen MR) is 56.3 cm³/mol. The minimum Gasteiger partial charge on any atom is -0.313 e. The van der Waals surface area contributed by atoms with Gasteiger partial charge in [-0.15, -0.1) is 0 Å². The van der Waals surface area contributed by atoms with Gasteiger partial charge in [0, 0.05) is 18.6 Å². The van der Waals surface area contributed by atoms with E-state index in [1.807, 2.05) is 17.1 Å². The summed E-state index contributed by atoms with van der Waals surface area (Å²) >= 11 is 0. The number of rotatable bonds is 6. The second kappa shape index (κ2) is 6.46. The minimum atomic E-state index is 1.18. The van der Waals surface area contributed by atoms with Gasteiger partial charge in [0.2, 0.25) is 0 Å². The molecule has 1 heterocycles. The molecular weight excluding hydrogens is 160 g/mol. The Balaban J connectivity index is 2.05. The minimum absolute atomic E-state index is 1.18. The Morgan fingerprint density at radius 1 is 1.31 bits per heavy atom. The van der Waals surface area contributed by atoms with E-state index < -0.39 is 0 Å². The quantitative estimate of drug-likeness (QED) is 0.611. The fourth-order valence-electron chi connectivity index (χ4n) is 1.24. The maximum Gasteiger partial charge on any atom is 0.0986 e. The molecular formula is C11H18N2. The monoisotopic (exact) mass is 178 g/mol. The first-order chi connectivity index (χ1) is 6.43. The molecule has 0 aliphatic rings. The van der Waals surface area contributed by atoms with Crippen LogP contribution in [0.5, 0.6) is 0 Å². The van der Waals surface area contributed by atoms with E-state index in [1.54, 1.807) is 6.20 Å². The fraction of sp³-hybridized carbons (Fsp3) is 0.545. The summed E-state index contributed by atoms with van der Waals surface area (Å²) in [5, 5.41) is 0. The molecule has 0 saturated heterocycles. The maximum absolute atomic E-state index is 3.96. The number of aromatic nitrogens is 2. The molecule has 0 unspecified atom stereocenters. The SMILES string of the molecule is CCCCCC/C=C/n1ccnc1. The molecule has 1 aromatic rings. The normalized spacial score (nSPS) is 11.2. The van der Waals surface area contributed by atoms with Gasteiger partial charge in [0.1, 0.15) is 0 Å². The van der Waals surface area contributed by atoms with E-state index in [0.717, 1.165) is 0 Å². The van der Waals surface area contributed by atoms with Gasteiger partial charge < -0.3 is 4.57 Å². The van der Waals surface area contributed by atoms with Crippen molar-refractivity contribution in [2.24, 2.45) is 0 Å². The standard InChI is InChI=1S/C11H18N2/c1-2-3-4-5-6-7-9-13-10-8-12-11-13/h7-11H,2-6H2,1H3/b9-7+. The van der Waals surface area contributed by atoms with E-state index in [0.29, 0.717) is 0 Å². The third kappa shape index (κ3) is 4.51. The Hall–Kier alpha value is -1.05. The summed E-state index contributed by atoms with van der Waals surface area (Å²) < 4.78 is 1.97. The van der Waals surface area contributed by atoms with Gasteiger partial charge in [0.15, 0.2) is 0 Å². The third-order valence-electron chi connectivity index (χ3n) is 2.03. The van der Waals surface area contributed by atoms with E-state index in [9.17, 15) is 0 Å². The van der Waals surface area contributed by atoms with Crippen molar-refractivity contribution in [3.05, 3.63) is 24.8 Å². The van der Waals surface area contributed by atoms with Gasteiger partial charge in [0.05, 0.1) is 6.33 Å². The molecule has 0 spiro atoms. The number of imidazole rings is 1. The third-order valence-corrected chi connectivity index (χ3v) is 2.03. The topological polar surface area (TPSA) is 17.8 Å². The van der Waals surface area contributed by atoms with Crippen molar-refractivity contribution < 1.29 is 0 Å². The molecule has 0 aromatic carbocycles. The number of hydrogen-bond acceptors (Lipinski definition) is 1. The molecule has 13 heavy (non-hydrogen) atoms. The van der Waals surface area contributed by atoms with Crippen molar-refractivity contribution in [3.8, 4) is 0 Å². The summed E-state index contributed by atoms with van der Waals surface area (Å²) in [5.41, 5.74) is 0. The van der Waals surface area contributed by atoms with Crippen molar-refractivity contribution in [2.45, 2.75) is 39.0 Å². The van der Waals surface area contributed by atoms with Crippen molar-refractivity contribution in [2.75, 3.05) is 0 Å². The summed E-state index contributed by atoms with van der Waals surface area (Å²) in [4.78, 5) is 3.96. The highest BCUT2D eigenvalue weighted by atomic mass is 15.0. The lowest BCUT2D eigenvalue weighted by Crippen LogP contribution is -1.79. The van der Waals surface area contributed by atoms with Crippen LogP contribution < -0.4 is 0 Å². The second-order valence-corrected chi connectivity index (χ2v) is 3.24. The molecule has 0 N–H and O–H groups in total. The zero-order chi connectivity index (χ0) is 9.36. The highest BCUT2D eigenvalue weighted by Crippen LogP contribution is 2.03. The summed E-state index contributed by atoms with van der Waals surface area (Å²) in [6.45, 7) is 2.24. The largest absolute Gasteiger partial charge is 0.313 e. The summed E-state index contributed by atoms with van der Waals surface area (Å²) in [6.07, 6.45) is 16.3. The van der Waals surface area contributed by atoms with Crippen molar-refractivity contribution in [3.63, 3.8) is 0 Å². The maximum atomic E-state index is 3.96. The van der Waals surface area contributed by atoms with Gasteiger partial charge in [-0.05, 0) is 12.8 Å². The zero-order valence-corrected chi connectivity index (χ0v) is 8.32. The summed E-state index contributed by atoms with van der Waals surface area (Å²) in [6, 6.07) is 0. The van der Waals surface area contributed by atoms with Crippen LogP contribution in [0.2, 0.25) is 0 Å². The highest BCUT2D eigenvalue weighted by molar-refractivity contribution is 5.20. The van der Waals surface area contributed by atoms with E-state index in [4.69, 9.17) is 0 Å². The molecule has 2 nitrogen and oxygen atoms in total. The highest BCUT2D eigenvalue weighted by Gasteiger charge is 1.84. The summed E-state index contributed by atoms with van der Waals surface area (Å²) in [5.74, 6) is 0. The van der Waals surface area contributed by atoms with Gasteiger partial charge >= 0.3 is 0 Å².